The summed E-state index contributed by atoms with van der Waals surface area (Å²) < 4.78 is 6.61. The van der Waals surface area contributed by atoms with Gasteiger partial charge in [0.1, 0.15) is 11.8 Å². The van der Waals surface area contributed by atoms with Crippen molar-refractivity contribution in [3.8, 4) is 11.8 Å². The number of amides is 1. The van der Waals surface area contributed by atoms with Crippen LogP contribution in [0.4, 0.5) is 0 Å². The fourth-order valence-electron chi connectivity index (χ4n) is 1.96. The molecule has 116 valence electrons. The third-order valence-electron chi connectivity index (χ3n) is 3.12. The van der Waals surface area contributed by atoms with Crippen LogP contribution in [0.5, 0.6) is 5.75 Å². The second kappa shape index (κ2) is 8.35. The van der Waals surface area contributed by atoms with Gasteiger partial charge in [0.2, 0.25) is 5.91 Å². The van der Waals surface area contributed by atoms with Crippen LogP contribution in [0.25, 0.3) is 10.2 Å². The highest BCUT2D eigenvalue weighted by Crippen LogP contribution is 2.25. The van der Waals surface area contributed by atoms with Crippen LogP contribution >= 0.6 is 11.3 Å². The molecule has 1 N–H and O–H groups in total. The third-order valence-corrected chi connectivity index (χ3v) is 4.05. The number of unbranched alkanes of at least 4 members (excludes halogenated alkanes) is 1. The Kier molecular flexibility index (Phi) is 6.16. The predicted molar refractivity (Wildman–Crippen MR) is 87.0 cm³/mol. The van der Waals surface area contributed by atoms with Gasteiger partial charge in [0, 0.05) is 13.0 Å². The number of nitriles is 1. The van der Waals surface area contributed by atoms with E-state index < -0.39 is 0 Å². The van der Waals surface area contributed by atoms with E-state index in [9.17, 15) is 4.79 Å². The number of aromatic nitrogens is 1. The Labute approximate surface area is 133 Å². The number of carbonyl (C=O) groups excluding carboxylic acids is 1. The Balaban J connectivity index is 1.73. The highest BCUT2D eigenvalue weighted by Gasteiger charge is 2.04. The number of thiazole rings is 1. The van der Waals surface area contributed by atoms with E-state index in [2.05, 4.69) is 17.2 Å². The fourth-order valence-corrected chi connectivity index (χ4v) is 2.75. The maximum absolute atomic E-state index is 11.4. The predicted octanol–water partition coefficient (Wildman–Crippen LogP) is 3.24. The first-order valence-electron chi connectivity index (χ1n) is 7.43. The molecular formula is C16H19N3O2S. The quantitative estimate of drug-likeness (QED) is 0.758. The van der Waals surface area contributed by atoms with Crippen molar-refractivity contribution in [2.45, 2.75) is 32.6 Å². The Hall–Kier alpha value is -2.13. The minimum absolute atomic E-state index is 0.108. The van der Waals surface area contributed by atoms with Crippen molar-refractivity contribution in [3.63, 3.8) is 0 Å². The van der Waals surface area contributed by atoms with Crippen LogP contribution in [-0.2, 0) is 4.79 Å². The van der Waals surface area contributed by atoms with E-state index in [-0.39, 0.29) is 5.91 Å². The Morgan fingerprint density at radius 1 is 1.45 bits per heavy atom. The number of ether oxygens (including phenoxy) is 1. The Morgan fingerprint density at radius 2 is 2.32 bits per heavy atom. The number of nitrogens with zero attached hydrogens (tertiary/aromatic N) is 2. The zero-order chi connectivity index (χ0) is 15.8. The number of carbonyl (C=O) groups is 1. The van der Waals surface area contributed by atoms with Gasteiger partial charge in [0.25, 0.3) is 0 Å². The molecule has 2 rings (SSSR count). The van der Waals surface area contributed by atoms with Crippen molar-refractivity contribution in [3.05, 3.63) is 23.2 Å². The molecule has 0 fully saturated rings. The first kappa shape index (κ1) is 16.2. The standard InChI is InChI=1S/C16H19N3O2S/c1-2-3-5-15(20)18-8-4-9-21-12-6-7-13-14(10-12)22-16(11-17)19-13/h6-7,10H,2-5,8-9H2,1H3,(H,18,20). The number of hydrogen-bond acceptors (Lipinski definition) is 5. The summed E-state index contributed by atoms with van der Waals surface area (Å²) in [5.41, 5.74) is 0.817. The van der Waals surface area contributed by atoms with Crippen LogP contribution in [0.3, 0.4) is 0 Å². The highest BCUT2D eigenvalue weighted by molar-refractivity contribution is 7.19. The summed E-state index contributed by atoms with van der Waals surface area (Å²) in [6.07, 6.45) is 3.33. The van der Waals surface area contributed by atoms with E-state index in [1.54, 1.807) is 0 Å². The minimum Gasteiger partial charge on any atom is -0.493 e. The third kappa shape index (κ3) is 4.71. The van der Waals surface area contributed by atoms with E-state index in [1.807, 2.05) is 24.3 Å². The molecule has 6 heteroatoms. The molecule has 0 aliphatic heterocycles. The summed E-state index contributed by atoms with van der Waals surface area (Å²) in [5.74, 6) is 0.870. The lowest BCUT2D eigenvalue weighted by molar-refractivity contribution is -0.121. The van der Waals surface area contributed by atoms with Crippen molar-refractivity contribution in [2.75, 3.05) is 13.2 Å². The van der Waals surface area contributed by atoms with Gasteiger partial charge in [-0.25, -0.2) is 4.98 Å². The minimum atomic E-state index is 0.108. The first-order chi connectivity index (χ1) is 10.7. The molecule has 0 aliphatic rings. The van der Waals surface area contributed by atoms with Crippen LogP contribution in [-0.4, -0.2) is 24.0 Å². The van der Waals surface area contributed by atoms with Gasteiger partial charge in [-0.1, -0.05) is 13.3 Å². The lowest BCUT2D eigenvalue weighted by Gasteiger charge is -2.07. The number of nitrogens with one attached hydrogen (secondary N) is 1. The molecule has 1 amide bonds. The van der Waals surface area contributed by atoms with Crippen LogP contribution < -0.4 is 10.1 Å². The van der Waals surface area contributed by atoms with Gasteiger partial charge >= 0.3 is 0 Å². The van der Waals surface area contributed by atoms with Crippen molar-refractivity contribution < 1.29 is 9.53 Å². The number of benzene rings is 1. The van der Waals surface area contributed by atoms with Gasteiger partial charge in [-0.05, 0) is 31.0 Å². The first-order valence-corrected chi connectivity index (χ1v) is 8.24. The normalized spacial score (nSPS) is 10.4. The lowest BCUT2D eigenvalue weighted by Crippen LogP contribution is -2.25. The molecule has 0 unspecified atom stereocenters. The molecule has 1 aromatic heterocycles. The summed E-state index contributed by atoms with van der Waals surface area (Å²) in [7, 11) is 0. The topological polar surface area (TPSA) is 75.0 Å². The van der Waals surface area contributed by atoms with E-state index in [4.69, 9.17) is 10.00 Å². The van der Waals surface area contributed by atoms with Crippen molar-refractivity contribution in [1.82, 2.24) is 10.3 Å². The van der Waals surface area contributed by atoms with Crippen molar-refractivity contribution >= 4 is 27.5 Å². The number of hydrogen-bond donors (Lipinski definition) is 1. The molecule has 0 radical (unpaired) electrons. The van der Waals surface area contributed by atoms with Crippen LogP contribution in [0.2, 0.25) is 0 Å². The monoisotopic (exact) mass is 317 g/mol. The SMILES string of the molecule is CCCCC(=O)NCCCOc1ccc2nc(C#N)sc2c1. The van der Waals surface area contributed by atoms with E-state index in [0.717, 1.165) is 35.2 Å². The summed E-state index contributed by atoms with van der Waals surface area (Å²) >= 11 is 1.36. The summed E-state index contributed by atoms with van der Waals surface area (Å²) in [5, 5.41) is 12.2. The molecule has 1 heterocycles. The number of rotatable bonds is 8. The van der Waals surface area contributed by atoms with Crippen LogP contribution in [0.1, 0.15) is 37.6 Å². The molecule has 2 aromatic rings. The summed E-state index contributed by atoms with van der Waals surface area (Å²) in [6.45, 7) is 3.24. The fraction of sp³-hybridized carbons (Fsp3) is 0.438. The van der Waals surface area contributed by atoms with Crippen LogP contribution in [0, 0.1) is 11.3 Å². The smallest absolute Gasteiger partial charge is 0.219 e. The van der Waals surface area contributed by atoms with Crippen molar-refractivity contribution in [1.29, 1.82) is 5.26 Å². The zero-order valence-electron chi connectivity index (χ0n) is 12.6. The second-order valence-electron chi connectivity index (χ2n) is 4.92. The average molecular weight is 317 g/mol. The lowest BCUT2D eigenvalue weighted by atomic mass is 10.2. The maximum Gasteiger partial charge on any atom is 0.219 e. The molecule has 0 spiro atoms. The molecule has 1 aromatic carbocycles. The molecule has 5 nitrogen and oxygen atoms in total. The van der Waals surface area contributed by atoms with Gasteiger partial charge in [-0.2, -0.15) is 5.26 Å². The Morgan fingerprint density at radius 3 is 3.09 bits per heavy atom. The zero-order valence-corrected chi connectivity index (χ0v) is 13.4. The Bertz CT molecular complexity index is 676. The van der Waals surface area contributed by atoms with E-state index in [0.29, 0.717) is 24.6 Å². The largest absolute Gasteiger partial charge is 0.493 e. The highest BCUT2D eigenvalue weighted by atomic mass is 32.1. The van der Waals surface area contributed by atoms with Gasteiger partial charge in [0.05, 0.1) is 16.8 Å². The number of fused-ring (bicyclic) bond motifs is 1. The summed E-state index contributed by atoms with van der Waals surface area (Å²) in [6, 6.07) is 7.65. The van der Waals surface area contributed by atoms with Crippen LogP contribution in [0.15, 0.2) is 18.2 Å². The summed E-state index contributed by atoms with van der Waals surface area (Å²) in [4.78, 5) is 15.6. The van der Waals surface area contributed by atoms with Gasteiger partial charge in [-0.15, -0.1) is 11.3 Å². The molecule has 0 saturated heterocycles. The van der Waals surface area contributed by atoms with Crippen molar-refractivity contribution in [2.24, 2.45) is 0 Å². The van der Waals surface area contributed by atoms with Gasteiger partial charge in [0.15, 0.2) is 5.01 Å². The molecule has 0 atom stereocenters. The van der Waals surface area contributed by atoms with Gasteiger partial charge in [-0.3, -0.25) is 4.79 Å². The molecular weight excluding hydrogens is 298 g/mol. The molecule has 0 aliphatic carbocycles. The van der Waals surface area contributed by atoms with E-state index in [1.165, 1.54) is 11.3 Å². The van der Waals surface area contributed by atoms with Gasteiger partial charge < -0.3 is 10.1 Å². The molecule has 0 saturated carbocycles. The molecule has 0 bridgehead atoms. The second-order valence-corrected chi connectivity index (χ2v) is 5.95. The maximum atomic E-state index is 11.4. The average Bonchev–Trinajstić information content (AvgIpc) is 2.95. The molecule has 22 heavy (non-hydrogen) atoms. The van der Waals surface area contributed by atoms with E-state index >= 15 is 0 Å².